The third-order valence-corrected chi connectivity index (χ3v) is 8.01. The smallest absolute Gasteiger partial charge is 0.269 e. The molecule has 212 valence electrons. The summed E-state index contributed by atoms with van der Waals surface area (Å²) < 4.78 is 39.1. The lowest BCUT2D eigenvalue weighted by molar-refractivity contribution is -0.108. The van der Waals surface area contributed by atoms with Gasteiger partial charge in [-0.15, -0.1) is 0 Å². The van der Waals surface area contributed by atoms with Crippen LogP contribution in [0.5, 0.6) is 0 Å². The van der Waals surface area contributed by atoms with Crippen molar-refractivity contribution in [3.63, 3.8) is 0 Å². The van der Waals surface area contributed by atoms with E-state index in [1.54, 1.807) is 36.9 Å². The maximum atomic E-state index is 14.1. The average molecular weight is 598 g/mol. The van der Waals surface area contributed by atoms with Crippen molar-refractivity contribution in [2.24, 2.45) is 5.10 Å². The third kappa shape index (κ3) is 10.7. The molecule has 1 aliphatic rings. The van der Waals surface area contributed by atoms with Crippen LogP contribution in [0.2, 0.25) is 0 Å². The van der Waals surface area contributed by atoms with E-state index >= 15 is 0 Å². The zero-order valence-electron chi connectivity index (χ0n) is 22.4. The van der Waals surface area contributed by atoms with Crippen molar-refractivity contribution < 1.29 is 22.4 Å². The Labute approximate surface area is 238 Å². The first-order valence-electron chi connectivity index (χ1n) is 11.9. The summed E-state index contributed by atoms with van der Waals surface area (Å²) in [5.41, 5.74) is 3.16. The molecule has 2 aromatic carbocycles. The minimum atomic E-state index is -3.71. The van der Waals surface area contributed by atoms with E-state index in [1.165, 1.54) is 12.1 Å². The van der Waals surface area contributed by atoms with Crippen LogP contribution in [0.3, 0.4) is 0 Å². The lowest BCUT2D eigenvalue weighted by Crippen LogP contribution is -2.22. The molecule has 0 fully saturated rings. The van der Waals surface area contributed by atoms with Crippen molar-refractivity contribution in [3.8, 4) is 0 Å². The van der Waals surface area contributed by atoms with Gasteiger partial charge in [-0.05, 0) is 55.7 Å². The second-order valence-corrected chi connectivity index (χ2v) is 11.0. The monoisotopic (exact) mass is 597 g/mol. The average Bonchev–Trinajstić information content (AvgIpc) is 3.18. The number of sulfonamides is 1. The number of nitrogens with zero attached hydrogens (tertiary/aromatic N) is 2. The van der Waals surface area contributed by atoms with Crippen LogP contribution in [0, 0.1) is 5.82 Å². The van der Waals surface area contributed by atoms with Crippen molar-refractivity contribution in [1.82, 2.24) is 4.72 Å². The Bertz CT molecular complexity index is 1300. The largest absolute Gasteiger partial charge is 0.388 e. The van der Waals surface area contributed by atoms with Gasteiger partial charge in [0, 0.05) is 25.5 Å². The zero-order chi connectivity index (χ0) is 29.4. The van der Waals surface area contributed by atoms with Crippen LogP contribution in [0.1, 0.15) is 39.2 Å². The molecule has 2 amide bonds. The summed E-state index contributed by atoms with van der Waals surface area (Å²) in [7, 11) is -0.176. The van der Waals surface area contributed by atoms with Gasteiger partial charge in [0.1, 0.15) is 9.92 Å². The quantitative estimate of drug-likeness (QED) is 0.189. The van der Waals surface area contributed by atoms with Gasteiger partial charge in [0.25, 0.3) is 10.0 Å². The molecule has 2 aromatic rings. The van der Waals surface area contributed by atoms with Crippen molar-refractivity contribution in [1.29, 1.82) is 0 Å². The maximum absolute atomic E-state index is 14.1. The van der Waals surface area contributed by atoms with E-state index in [4.69, 9.17) is 11.6 Å². The molecule has 39 heavy (non-hydrogen) atoms. The summed E-state index contributed by atoms with van der Waals surface area (Å²) in [5, 5.41) is 11.1. The Morgan fingerprint density at radius 1 is 1.03 bits per heavy atom. The molecule has 0 atom stereocenters. The van der Waals surface area contributed by atoms with E-state index in [2.05, 4.69) is 15.7 Å². The van der Waals surface area contributed by atoms with Gasteiger partial charge in [-0.2, -0.15) is 5.10 Å². The predicted octanol–water partition coefficient (Wildman–Crippen LogP) is 5.83. The number of carbonyl (C=O) groups excluding carboxylic acids is 2. The van der Waals surface area contributed by atoms with Crippen LogP contribution in [-0.2, 0) is 19.6 Å². The number of halogens is 2. The molecule has 0 spiro atoms. The van der Waals surface area contributed by atoms with Gasteiger partial charge in [-0.25, -0.2) is 17.8 Å². The second-order valence-electron chi connectivity index (χ2n) is 7.33. The van der Waals surface area contributed by atoms with Crippen molar-refractivity contribution in [2.75, 3.05) is 29.7 Å². The first kappa shape index (κ1) is 33.7. The van der Waals surface area contributed by atoms with Crippen LogP contribution in [0.25, 0.3) is 0 Å². The molecule has 0 radical (unpaired) electrons. The topological polar surface area (TPSA) is 120 Å². The lowest BCUT2D eigenvalue weighted by atomic mass is 10.1. The fourth-order valence-electron chi connectivity index (χ4n) is 2.94. The zero-order valence-corrected chi connectivity index (χ0v) is 24.8. The fraction of sp³-hybridized carbons (Fsp3) is 0.269. The summed E-state index contributed by atoms with van der Waals surface area (Å²) in [4.78, 5) is 21.4. The Hall–Kier alpha value is -3.35. The number of allylic oxidation sites excluding steroid dienone is 2. The van der Waals surface area contributed by atoms with Gasteiger partial charge in [-0.1, -0.05) is 61.5 Å². The minimum Gasteiger partial charge on any atom is -0.388 e. The highest BCUT2D eigenvalue weighted by atomic mass is 35.5. The molecule has 1 aliphatic heterocycles. The van der Waals surface area contributed by atoms with Gasteiger partial charge < -0.3 is 10.6 Å². The summed E-state index contributed by atoms with van der Waals surface area (Å²) in [6.07, 6.45) is 5.21. The van der Waals surface area contributed by atoms with E-state index in [-0.39, 0.29) is 16.3 Å². The first-order chi connectivity index (χ1) is 18.6. The Morgan fingerprint density at radius 3 is 2.15 bits per heavy atom. The Kier molecular flexibility index (Phi) is 14.9. The van der Waals surface area contributed by atoms with Gasteiger partial charge in [-0.3, -0.25) is 14.3 Å². The van der Waals surface area contributed by atoms with Crippen LogP contribution >= 0.6 is 23.4 Å². The third-order valence-electron chi connectivity index (χ3n) is 4.88. The van der Waals surface area contributed by atoms with Crippen molar-refractivity contribution >= 4 is 69.0 Å². The van der Waals surface area contributed by atoms with Gasteiger partial charge in [0.15, 0.2) is 5.82 Å². The Morgan fingerprint density at radius 2 is 1.62 bits per heavy atom. The highest BCUT2D eigenvalue weighted by Gasteiger charge is 2.19. The molecular formula is C26H33ClFN5O4S2. The van der Waals surface area contributed by atoms with Crippen LogP contribution in [0.15, 0.2) is 68.3 Å². The van der Waals surface area contributed by atoms with Gasteiger partial charge in [0.2, 0.25) is 12.8 Å². The molecule has 1 heterocycles. The van der Waals surface area contributed by atoms with E-state index in [1.807, 2.05) is 45.2 Å². The molecule has 3 N–H and O–H groups in total. The molecule has 0 saturated heterocycles. The SMILES string of the molecule is CC.CNc1ccc(/C(C)=N/N(C=O)c2ccc(NC)cc2F)cc1.O=CNS(=O)(=O)C1=CCCC=C(Cl)S1. The highest BCUT2D eigenvalue weighted by Crippen LogP contribution is 2.34. The van der Waals surface area contributed by atoms with Crippen LogP contribution in [0.4, 0.5) is 21.5 Å². The van der Waals surface area contributed by atoms with E-state index in [0.29, 0.717) is 35.0 Å². The number of thioether (sulfide) groups is 1. The van der Waals surface area contributed by atoms with Gasteiger partial charge >= 0.3 is 0 Å². The normalized spacial score (nSPS) is 13.1. The number of amides is 2. The number of benzene rings is 2. The van der Waals surface area contributed by atoms with E-state index in [0.717, 1.165) is 28.0 Å². The molecular weight excluding hydrogens is 565 g/mol. The van der Waals surface area contributed by atoms with Crippen LogP contribution < -0.4 is 20.4 Å². The molecule has 0 unspecified atom stereocenters. The molecule has 0 aromatic heterocycles. The fourth-order valence-corrected chi connectivity index (χ4v) is 5.47. The van der Waals surface area contributed by atoms with Crippen molar-refractivity contribution in [3.05, 3.63) is 74.6 Å². The number of anilines is 3. The number of hydrogen-bond acceptors (Lipinski definition) is 8. The number of hydrogen-bond donors (Lipinski definition) is 3. The summed E-state index contributed by atoms with van der Waals surface area (Å²) >= 11 is 6.66. The molecule has 13 heteroatoms. The van der Waals surface area contributed by atoms with E-state index in [9.17, 15) is 22.4 Å². The number of carbonyl (C=O) groups is 2. The second kappa shape index (κ2) is 17.3. The summed E-state index contributed by atoms with van der Waals surface area (Å²) in [5.74, 6) is -0.522. The predicted molar refractivity (Wildman–Crippen MR) is 161 cm³/mol. The standard InChI is InChI=1S/C17H19FN4O.C7H8ClNO3S2.C2H6/c1-12(13-4-6-14(19-2)7-5-13)21-22(11-23)17-9-8-15(20-3)10-16(17)18;8-6-3-1-2-4-7(13-6)14(11,12)9-5-10;1-2/h4-11,19-20H,1-3H3;3-5H,1-2H2,(H,9,10);1-2H3/b21-12+;;. The number of hydrazone groups is 1. The number of rotatable bonds is 9. The lowest BCUT2D eigenvalue weighted by Gasteiger charge is -2.14. The molecule has 0 bridgehead atoms. The van der Waals surface area contributed by atoms with Gasteiger partial charge in [0.05, 0.1) is 10.1 Å². The molecule has 3 rings (SSSR count). The molecule has 0 saturated carbocycles. The maximum Gasteiger partial charge on any atom is 0.269 e. The Balaban J connectivity index is 0.000000407. The molecule has 0 aliphatic carbocycles. The summed E-state index contributed by atoms with van der Waals surface area (Å²) in [6.45, 7) is 5.77. The van der Waals surface area contributed by atoms with Crippen LogP contribution in [-0.4, -0.2) is 41.0 Å². The minimum absolute atomic E-state index is 0.0725. The number of nitrogens with one attached hydrogen (secondary N) is 3. The van der Waals surface area contributed by atoms with E-state index < -0.39 is 15.8 Å². The molecule has 9 nitrogen and oxygen atoms in total. The first-order valence-corrected chi connectivity index (χ1v) is 14.6. The van der Waals surface area contributed by atoms with Crippen molar-refractivity contribution in [2.45, 2.75) is 33.6 Å². The summed E-state index contributed by atoms with van der Waals surface area (Å²) in [6, 6.07) is 12.1. The highest BCUT2D eigenvalue weighted by molar-refractivity contribution is 8.21.